The number of carbonyl (C=O) groups is 1. The first-order valence-electron chi connectivity index (χ1n) is 5.19. The molecule has 1 aromatic carbocycles. The molecule has 0 spiro atoms. The summed E-state index contributed by atoms with van der Waals surface area (Å²) in [7, 11) is 1.30. The molecule has 0 aromatic heterocycles. The van der Waals surface area contributed by atoms with Gasteiger partial charge in [0.15, 0.2) is 0 Å². The minimum atomic E-state index is -0.546. The van der Waals surface area contributed by atoms with E-state index in [1.54, 1.807) is 13.0 Å². The predicted molar refractivity (Wildman–Crippen MR) is 66.4 cm³/mol. The molecule has 1 N–H and O–H groups in total. The Kier molecular flexibility index (Phi) is 5.06. The molecular weight excluding hydrogens is 260 g/mol. The zero-order valence-corrected chi connectivity index (χ0v) is 10.7. The van der Waals surface area contributed by atoms with E-state index in [9.17, 15) is 14.9 Å². The molecule has 0 radical (unpaired) electrons. The minimum absolute atomic E-state index is 0.0877. The number of carbonyl (C=O) groups excluding carboxylic acids is 1. The van der Waals surface area contributed by atoms with Crippen molar-refractivity contribution in [3.05, 3.63) is 38.9 Å². The van der Waals surface area contributed by atoms with E-state index in [0.717, 1.165) is 0 Å². The van der Waals surface area contributed by atoms with Crippen LogP contribution in [0.2, 0.25) is 5.02 Å². The fourth-order valence-corrected chi connectivity index (χ4v) is 1.53. The number of methoxy groups -OCH3 is 1. The van der Waals surface area contributed by atoms with Gasteiger partial charge in [-0.2, -0.15) is 0 Å². The van der Waals surface area contributed by atoms with Crippen LogP contribution in [0.1, 0.15) is 12.5 Å². The minimum Gasteiger partial charge on any atom is -0.468 e. The molecule has 0 aliphatic heterocycles. The Hall–Kier alpha value is -1.66. The molecule has 1 rings (SSSR count). The van der Waals surface area contributed by atoms with Crippen molar-refractivity contribution >= 4 is 23.3 Å². The summed E-state index contributed by atoms with van der Waals surface area (Å²) in [6, 6.07) is 4.01. The first kappa shape index (κ1) is 14.4. The van der Waals surface area contributed by atoms with Crippen LogP contribution in [0.5, 0.6) is 0 Å². The van der Waals surface area contributed by atoms with Crippen LogP contribution in [0.4, 0.5) is 5.69 Å². The Labute approximate surface area is 109 Å². The van der Waals surface area contributed by atoms with Crippen molar-refractivity contribution in [2.75, 3.05) is 7.11 Å². The van der Waals surface area contributed by atoms with Crippen LogP contribution in [-0.2, 0) is 16.1 Å². The second-order valence-electron chi connectivity index (χ2n) is 3.67. The summed E-state index contributed by atoms with van der Waals surface area (Å²) in [5.41, 5.74) is 0.517. The molecule has 98 valence electrons. The van der Waals surface area contributed by atoms with Crippen LogP contribution in [0.25, 0.3) is 0 Å². The van der Waals surface area contributed by atoms with Crippen molar-refractivity contribution in [1.29, 1.82) is 0 Å². The van der Waals surface area contributed by atoms with Gasteiger partial charge in [0.25, 0.3) is 5.69 Å². The van der Waals surface area contributed by atoms with Crippen molar-refractivity contribution in [2.24, 2.45) is 0 Å². The van der Waals surface area contributed by atoms with Crippen molar-refractivity contribution in [2.45, 2.75) is 19.5 Å². The van der Waals surface area contributed by atoms with Crippen LogP contribution in [-0.4, -0.2) is 24.0 Å². The lowest BCUT2D eigenvalue weighted by Gasteiger charge is -2.11. The molecule has 1 unspecified atom stereocenters. The Morgan fingerprint density at radius 3 is 2.83 bits per heavy atom. The van der Waals surface area contributed by atoms with Gasteiger partial charge in [0.1, 0.15) is 11.1 Å². The molecule has 0 saturated heterocycles. The summed E-state index contributed by atoms with van der Waals surface area (Å²) < 4.78 is 4.55. The number of nitrogens with zero attached hydrogens (tertiary/aromatic N) is 1. The molecule has 6 nitrogen and oxygen atoms in total. The van der Waals surface area contributed by atoms with E-state index in [0.29, 0.717) is 12.1 Å². The van der Waals surface area contributed by atoms with Crippen molar-refractivity contribution in [1.82, 2.24) is 5.32 Å². The molecule has 0 heterocycles. The fraction of sp³-hybridized carbons (Fsp3) is 0.364. The molecule has 0 saturated carbocycles. The van der Waals surface area contributed by atoms with Gasteiger partial charge in [-0.1, -0.05) is 17.7 Å². The molecule has 0 aliphatic rings. The average Bonchev–Trinajstić information content (AvgIpc) is 2.36. The van der Waals surface area contributed by atoms with Crippen LogP contribution in [0.15, 0.2) is 18.2 Å². The lowest BCUT2D eigenvalue weighted by molar-refractivity contribution is -0.384. The van der Waals surface area contributed by atoms with Gasteiger partial charge in [-0.05, 0) is 18.6 Å². The SMILES string of the molecule is COC(=O)C(C)NCc1ccc(Cl)c([N+](=O)[O-])c1. The predicted octanol–water partition coefficient (Wildman–Crippen LogP) is 1.90. The van der Waals surface area contributed by atoms with E-state index in [2.05, 4.69) is 10.1 Å². The second kappa shape index (κ2) is 6.32. The maximum Gasteiger partial charge on any atom is 0.322 e. The summed E-state index contributed by atoms with van der Waals surface area (Å²) in [6.45, 7) is 1.96. The molecule has 1 atom stereocenters. The molecular formula is C11H13ClN2O4. The Morgan fingerprint density at radius 2 is 2.28 bits per heavy atom. The van der Waals surface area contributed by atoms with Crippen LogP contribution in [0, 0.1) is 10.1 Å². The number of hydrogen-bond acceptors (Lipinski definition) is 5. The standard InChI is InChI=1S/C11H13ClN2O4/c1-7(11(15)18-2)13-6-8-3-4-9(12)10(5-8)14(16)17/h3-5,7,13H,6H2,1-2H3. The highest BCUT2D eigenvalue weighted by Gasteiger charge is 2.15. The van der Waals surface area contributed by atoms with E-state index in [1.807, 2.05) is 0 Å². The molecule has 0 aliphatic carbocycles. The number of ether oxygens (including phenoxy) is 1. The van der Waals surface area contributed by atoms with Gasteiger partial charge in [-0.3, -0.25) is 14.9 Å². The van der Waals surface area contributed by atoms with Crippen molar-refractivity contribution in [3.63, 3.8) is 0 Å². The number of hydrogen-bond donors (Lipinski definition) is 1. The zero-order valence-electron chi connectivity index (χ0n) is 9.97. The van der Waals surface area contributed by atoms with Crippen molar-refractivity contribution < 1.29 is 14.5 Å². The molecule has 18 heavy (non-hydrogen) atoms. The highest BCUT2D eigenvalue weighted by molar-refractivity contribution is 6.32. The summed E-state index contributed by atoms with van der Waals surface area (Å²) in [5.74, 6) is -0.390. The van der Waals surface area contributed by atoms with Gasteiger partial charge in [-0.15, -0.1) is 0 Å². The van der Waals surface area contributed by atoms with Crippen LogP contribution >= 0.6 is 11.6 Å². The lowest BCUT2D eigenvalue weighted by Crippen LogP contribution is -2.34. The highest BCUT2D eigenvalue weighted by atomic mass is 35.5. The normalized spacial score (nSPS) is 11.9. The molecule has 1 aromatic rings. The van der Waals surface area contributed by atoms with E-state index < -0.39 is 16.9 Å². The number of nitro groups is 1. The number of esters is 1. The maximum absolute atomic E-state index is 11.1. The number of halogens is 1. The van der Waals surface area contributed by atoms with Crippen molar-refractivity contribution in [3.8, 4) is 0 Å². The molecule has 0 amide bonds. The van der Waals surface area contributed by atoms with Gasteiger partial charge in [0.05, 0.1) is 12.0 Å². The topological polar surface area (TPSA) is 81.5 Å². The monoisotopic (exact) mass is 272 g/mol. The van der Waals surface area contributed by atoms with Gasteiger partial charge >= 0.3 is 5.97 Å². The first-order chi connectivity index (χ1) is 8.45. The van der Waals surface area contributed by atoms with E-state index in [-0.39, 0.29) is 10.7 Å². The fourth-order valence-electron chi connectivity index (χ4n) is 1.34. The Bertz CT molecular complexity index is 464. The highest BCUT2D eigenvalue weighted by Crippen LogP contribution is 2.24. The van der Waals surface area contributed by atoms with Crippen LogP contribution in [0.3, 0.4) is 0 Å². The third-order valence-electron chi connectivity index (χ3n) is 2.37. The van der Waals surface area contributed by atoms with Crippen LogP contribution < -0.4 is 5.32 Å². The molecule has 0 fully saturated rings. The zero-order chi connectivity index (χ0) is 13.7. The molecule has 0 bridgehead atoms. The lowest BCUT2D eigenvalue weighted by atomic mass is 10.2. The largest absolute Gasteiger partial charge is 0.468 e. The smallest absolute Gasteiger partial charge is 0.322 e. The third kappa shape index (κ3) is 3.68. The van der Waals surface area contributed by atoms with Gasteiger partial charge in [0.2, 0.25) is 0 Å². The van der Waals surface area contributed by atoms with Gasteiger partial charge in [-0.25, -0.2) is 0 Å². The number of rotatable bonds is 5. The van der Waals surface area contributed by atoms with Gasteiger partial charge in [0, 0.05) is 12.6 Å². The number of nitrogens with one attached hydrogen (secondary N) is 1. The first-order valence-corrected chi connectivity index (χ1v) is 5.57. The maximum atomic E-state index is 11.1. The number of nitro benzene ring substituents is 1. The summed E-state index contributed by atoms with van der Waals surface area (Å²) in [5, 5.41) is 13.7. The van der Waals surface area contributed by atoms with E-state index >= 15 is 0 Å². The summed E-state index contributed by atoms with van der Waals surface area (Å²) >= 11 is 5.69. The Balaban J connectivity index is 2.71. The Morgan fingerprint density at radius 1 is 1.61 bits per heavy atom. The van der Waals surface area contributed by atoms with E-state index in [4.69, 9.17) is 11.6 Å². The third-order valence-corrected chi connectivity index (χ3v) is 2.69. The summed E-state index contributed by atoms with van der Waals surface area (Å²) in [6.07, 6.45) is 0. The average molecular weight is 273 g/mol. The quantitative estimate of drug-likeness (QED) is 0.503. The second-order valence-corrected chi connectivity index (χ2v) is 4.08. The molecule has 7 heteroatoms. The van der Waals surface area contributed by atoms with Gasteiger partial charge < -0.3 is 10.1 Å². The number of benzene rings is 1. The van der Waals surface area contributed by atoms with E-state index in [1.165, 1.54) is 19.2 Å². The summed E-state index contributed by atoms with van der Waals surface area (Å²) in [4.78, 5) is 21.3.